The zero-order chi connectivity index (χ0) is 20.7. The van der Waals surface area contributed by atoms with Gasteiger partial charge in [-0.2, -0.15) is 0 Å². The van der Waals surface area contributed by atoms with E-state index >= 15 is 0 Å². The van der Waals surface area contributed by atoms with Crippen LogP contribution in [0, 0.1) is 0 Å². The molecule has 6 heteroatoms. The van der Waals surface area contributed by atoms with E-state index in [9.17, 15) is 9.59 Å². The molecule has 0 aliphatic rings. The first-order valence-electron chi connectivity index (χ1n) is 9.25. The molecule has 0 bridgehead atoms. The summed E-state index contributed by atoms with van der Waals surface area (Å²) < 4.78 is 5.21. The molecule has 0 heterocycles. The number of hydrogen-bond acceptors (Lipinski definition) is 4. The van der Waals surface area contributed by atoms with Crippen LogP contribution in [0.25, 0.3) is 0 Å². The molecule has 2 aromatic rings. The van der Waals surface area contributed by atoms with Gasteiger partial charge >= 0.3 is 6.09 Å². The first-order valence-corrected chi connectivity index (χ1v) is 9.25. The number of hydrogen-bond donors (Lipinski definition) is 2. The van der Waals surface area contributed by atoms with E-state index < -0.39 is 11.7 Å². The van der Waals surface area contributed by atoms with E-state index in [1.807, 2.05) is 44.4 Å². The third kappa shape index (κ3) is 6.70. The van der Waals surface area contributed by atoms with Crippen LogP contribution in [0.5, 0.6) is 0 Å². The summed E-state index contributed by atoms with van der Waals surface area (Å²) in [5.41, 5.74) is 1.68. The minimum Gasteiger partial charge on any atom is -0.444 e. The molecule has 0 spiro atoms. The Morgan fingerprint density at radius 1 is 1.00 bits per heavy atom. The Labute approximate surface area is 166 Å². The Kier molecular flexibility index (Phi) is 7.18. The van der Waals surface area contributed by atoms with Crippen molar-refractivity contribution < 1.29 is 14.3 Å². The van der Waals surface area contributed by atoms with Crippen LogP contribution in [0.4, 0.5) is 10.5 Å². The van der Waals surface area contributed by atoms with Gasteiger partial charge in [0.25, 0.3) is 5.91 Å². The molecule has 28 heavy (non-hydrogen) atoms. The minimum atomic E-state index is -0.564. The zero-order valence-corrected chi connectivity index (χ0v) is 17.2. The Hall–Kier alpha value is -2.86. The summed E-state index contributed by atoms with van der Waals surface area (Å²) in [6.07, 6.45) is -0.526. The highest BCUT2D eigenvalue weighted by Gasteiger charge is 2.17. The highest BCUT2D eigenvalue weighted by molar-refractivity contribution is 5.95. The number of nitrogens with one attached hydrogen (secondary N) is 2. The van der Waals surface area contributed by atoms with Gasteiger partial charge in [-0.05, 0) is 64.7 Å². The van der Waals surface area contributed by atoms with Crippen molar-refractivity contribution in [2.45, 2.75) is 32.4 Å². The van der Waals surface area contributed by atoms with Gasteiger partial charge < -0.3 is 15.0 Å². The van der Waals surface area contributed by atoms with Crippen LogP contribution < -0.4 is 10.6 Å². The molecule has 6 nitrogen and oxygen atoms in total. The fourth-order valence-corrected chi connectivity index (χ4v) is 2.69. The molecule has 0 aromatic heterocycles. The summed E-state index contributed by atoms with van der Waals surface area (Å²) in [4.78, 5) is 26.4. The fourth-order valence-electron chi connectivity index (χ4n) is 2.69. The van der Waals surface area contributed by atoms with E-state index in [-0.39, 0.29) is 11.9 Å². The van der Waals surface area contributed by atoms with Crippen molar-refractivity contribution in [3.63, 3.8) is 0 Å². The lowest BCUT2D eigenvalue weighted by molar-refractivity contribution is 0.0635. The van der Waals surface area contributed by atoms with Gasteiger partial charge in [0.2, 0.25) is 0 Å². The average molecular weight is 383 g/mol. The molecule has 0 saturated heterocycles. The summed E-state index contributed by atoms with van der Waals surface area (Å²) in [6, 6.07) is 16.8. The molecule has 2 amide bonds. The summed E-state index contributed by atoms with van der Waals surface area (Å²) in [5, 5.41) is 5.63. The first-order chi connectivity index (χ1) is 13.2. The number of benzene rings is 2. The van der Waals surface area contributed by atoms with E-state index in [1.165, 1.54) is 0 Å². The quantitative estimate of drug-likeness (QED) is 0.789. The molecule has 0 unspecified atom stereocenters. The number of carbonyl (C=O) groups is 2. The molecule has 1 atom stereocenters. The Bertz CT molecular complexity index is 781. The summed E-state index contributed by atoms with van der Waals surface area (Å²) in [5.74, 6) is -0.161. The van der Waals surface area contributed by atoms with Crippen LogP contribution >= 0.6 is 0 Å². The van der Waals surface area contributed by atoms with Gasteiger partial charge in [0.05, 0.1) is 6.04 Å². The topological polar surface area (TPSA) is 70.7 Å². The van der Waals surface area contributed by atoms with Gasteiger partial charge in [-0.15, -0.1) is 0 Å². The minimum absolute atomic E-state index is 0.0817. The Balaban J connectivity index is 1.94. The maximum atomic E-state index is 12.5. The second-order valence-corrected chi connectivity index (χ2v) is 7.80. The van der Waals surface area contributed by atoms with Crippen LogP contribution in [-0.4, -0.2) is 43.1 Å². The van der Waals surface area contributed by atoms with E-state index in [2.05, 4.69) is 15.5 Å². The maximum absolute atomic E-state index is 12.5. The molecule has 0 radical (unpaired) electrons. The van der Waals surface area contributed by atoms with E-state index in [4.69, 9.17) is 4.74 Å². The predicted molar refractivity (Wildman–Crippen MR) is 112 cm³/mol. The smallest absolute Gasteiger partial charge is 0.412 e. The summed E-state index contributed by atoms with van der Waals surface area (Å²) >= 11 is 0. The Morgan fingerprint density at radius 3 is 2.14 bits per heavy atom. The van der Waals surface area contributed by atoms with Crippen molar-refractivity contribution in [3.05, 3.63) is 65.7 Å². The molecular formula is C22H29N3O3. The van der Waals surface area contributed by atoms with E-state index in [0.717, 1.165) is 5.56 Å². The second-order valence-electron chi connectivity index (χ2n) is 7.80. The summed E-state index contributed by atoms with van der Waals surface area (Å²) in [7, 11) is 3.97. The second kappa shape index (κ2) is 9.37. The lowest BCUT2D eigenvalue weighted by atomic mass is 10.1. The third-order valence-corrected chi connectivity index (χ3v) is 4.06. The van der Waals surface area contributed by atoms with Crippen molar-refractivity contribution >= 4 is 17.7 Å². The van der Waals surface area contributed by atoms with Gasteiger partial charge in [0.15, 0.2) is 0 Å². The molecule has 0 fully saturated rings. The van der Waals surface area contributed by atoms with Crippen molar-refractivity contribution in [2.75, 3.05) is 26.0 Å². The number of carbonyl (C=O) groups excluding carboxylic acids is 2. The van der Waals surface area contributed by atoms with Crippen molar-refractivity contribution in [3.8, 4) is 0 Å². The fraction of sp³-hybridized carbons (Fsp3) is 0.364. The molecule has 0 aliphatic carbocycles. The SMILES string of the molecule is CN(C)[C@@H](CNC(=O)c1ccc(NC(=O)OC(C)(C)C)cc1)c1ccccc1. The predicted octanol–water partition coefficient (Wildman–Crippen LogP) is 4.07. The molecule has 0 saturated carbocycles. The van der Waals surface area contributed by atoms with Crippen molar-refractivity contribution in [1.29, 1.82) is 0 Å². The number of ether oxygens (including phenoxy) is 1. The zero-order valence-electron chi connectivity index (χ0n) is 17.2. The van der Waals surface area contributed by atoms with Crippen LogP contribution in [0.2, 0.25) is 0 Å². The van der Waals surface area contributed by atoms with Crippen LogP contribution in [-0.2, 0) is 4.74 Å². The van der Waals surface area contributed by atoms with Crippen LogP contribution in [0.1, 0.15) is 42.7 Å². The van der Waals surface area contributed by atoms with Gasteiger partial charge in [0.1, 0.15) is 5.60 Å². The van der Waals surface area contributed by atoms with Crippen molar-refractivity contribution in [2.24, 2.45) is 0 Å². The number of rotatable bonds is 6. The highest BCUT2D eigenvalue weighted by Crippen LogP contribution is 2.17. The average Bonchev–Trinajstić information content (AvgIpc) is 2.61. The number of likely N-dealkylation sites (N-methyl/N-ethyl adjacent to an activating group) is 1. The number of amides is 2. The van der Waals surface area contributed by atoms with Crippen LogP contribution in [0.3, 0.4) is 0 Å². The van der Waals surface area contributed by atoms with Crippen LogP contribution in [0.15, 0.2) is 54.6 Å². The summed E-state index contributed by atoms with van der Waals surface area (Å²) in [6.45, 7) is 5.90. The highest BCUT2D eigenvalue weighted by atomic mass is 16.6. The standard InChI is InChI=1S/C22H29N3O3/c1-22(2,3)28-21(27)24-18-13-11-17(12-14-18)20(26)23-15-19(25(4)5)16-9-7-6-8-10-16/h6-14,19H,15H2,1-5H3,(H,23,26)(H,24,27)/t19-/m0/s1. The monoisotopic (exact) mass is 383 g/mol. The normalized spacial score (nSPS) is 12.4. The third-order valence-electron chi connectivity index (χ3n) is 4.06. The molecular weight excluding hydrogens is 354 g/mol. The first kappa shape index (κ1) is 21.4. The van der Waals surface area contributed by atoms with Gasteiger partial charge in [-0.3, -0.25) is 10.1 Å². The van der Waals surface area contributed by atoms with E-state index in [0.29, 0.717) is 17.8 Å². The molecule has 0 aliphatic heterocycles. The van der Waals surface area contributed by atoms with Crippen molar-refractivity contribution in [1.82, 2.24) is 10.2 Å². The Morgan fingerprint density at radius 2 is 1.61 bits per heavy atom. The molecule has 2 rings (SSSR count). The number of nitrogens with zero attached hydrogens (tertiary/aromatic N) is 1. The van der Waals surface area contributed by atoms with Gasteiger partial charge in [-0.25, -0.2) is 4.79 Å². The van der Waals surface area contributed by atoms with Gasteiger partial charge in [0, 0.05) is 17.8 Å². The largest absolute Gasteiger partial charge is 0.444 e. The maximum Gasteiger partial charge on any atom is 0.412 e. The lowest BCUT2D eigenvalue weighted by Crippen LogP contribution is -2.34. The lowest BCUT2D eigenvalue weighted by Gasteiger charge is -2.25. The number of anilines is 1. The molecule has 2 aromatic carbocycles. The van der Waals surface area contributed by atoms with E-state index in [1.54, 1.807) is 45.0 Å². The van der Waals surface area contributed by atoms with Gasteiger partial charge in [-0.1, -0.05) is 30.3 Å². The molecule has 2 N–H and O–H groups in total. The molecule has 150 valence electrons.